The zero-order chi connectivity index (χ0) is 14.1. The number of furan rings is 1. The minimum atomic E-state index is -0.440. The summed E-state index contributed by atoms with van der Waals surface area (Å²) in [5.41, 5.74) is 3.21. The second-order valence-corrected chi connectivity index (χ2v) is 5.38. The zero-order valence-electron chi connectivity index (χ0n) is 10.2. The Labute approximate surface area is 128 Å². The van der Waals surface area contributed by atoms with Gasteiger partial charge in [0.15, 0.2) is 0 Å². The van der Waals surface area contributed by atoms with E-state index in [-0.39, 0.29) is 5.57 Å². The average Bonchev–Trinajstić information content (AvgIpc) is 3.04. The van der Waals surface area contributed by atoms with Gasteiger partial charge in [-0.05, 0) is 65.1 Å². The standard InChI is InChI=1S/C14H9IN2O3/c15-9-3-5-10(6-4-9)17-14(19)12(13(18)16-17)8-11-2-1-7-20-11/h1-8H,(H,16,18). The highest BCUT2D eigenvalue weighted by atomic mass is 127. The predicted octanol–water partition coefficient (Wildman–Crippen LogP) is 2.35. The van der Waals surface area contributed by atoms with Crippen molar-refractivity contribution in [1.82, 2.24) is 5.43 Å². The van der Waals surface area contributed by atoms with Crippen LogP contribution in [0.25, 0.3) is 6.08 Å². The van der Waals surface area contributed by atoms with Crippen molar-refractivity contribution in [3.05, 3.63) is 57.6 Å². The number of benzene rings is 1. The highest BCUT2D eigenvalue weighted by molar-refractivity contribution is 14.1. The quantitative estimate of drug-likeness (QED) is 0.494. The molecule has 5 nitrogen and oxygen atoms in total. The van der Waals surface area contributed by atoms with Gasteiger partial charge >= 0.3 is 0 Å². The predicted molar refractivity (Wildman–Crippen MR) is 81.5 cm³/mol. The number of carbonyl (C=O) groups is 2. The molecule has 1 aliphatic rings. The van der Waals surface area contributed by atoms with Crippen molar-refractivity contribution in [2.75, 3.05) is 5.01 Å². The van der Waals surface area contributed by atoms with Gasteiger partial charge in [0.2, 0.25) is 0 Å². The maximum absolute atomic E-state index is 12.3. The Morgan fingerprint density at radius 3 is 2.55 bits per heavy atom. The molecule has 0 radical (unpaired) electrons. The smallest absolute Gasteiger partial charge is 0.282 e. The Morgan fingerprint density at radius 2 is 1.90 bits per heavy atom. The molecule has 100 valence electrons. The molecule has 0 atom stereocenters. The summed E-state index contributed by atoms with van der Waals surface area (Å²) in [6.07, 6.45) is 2.92. The van der Waals surface area contributed by atoms with Crippen LogP contribution in [-0.2, 0) is 9.59 Å². The van der Waals surface area contributed by atoms with Crippen LogP contribution in [0.3, 0.4) is 0 Å². The summed E-state index contributed by atoms with van der Waals surface area (Å²) in [7, 11) is 0. The van der Waals surface area contributed by atoms with Gasteiger partial charge in [-0.3, -0.25) is 15.0 Å². The van der Waals surface area contributed by atoms with E-state index in [0.29, 0.717) is 11.4 Å². The Kier molecular flexibility index (Phi) is 3.31. The topological polar surface area (TPSA) is 62.6 Å². The Balaban J connectivity index is 1.92. The lowest BCUT2D eigenvalue weighted by Gasteiger charge is -2.14. The lowest BCUT2D eigenvalue weighted by Crippen LogP contribution is -2.35. The number of amides is 2. The number of anilines is 1. The van der Waals surface area contributed by atoms with Crippen molar-refractivity contribution in [3.8, 4) is 0 Å². The van der Waals surface area contributed by atoms with Gasteiger partial charge in [-0.15, -0.1) is 0 Å². The van der Waals surface area contributed by atoms with Crippen LogP contribution in [0.1, 0.15) is 5.76 Å². The van der Waals surface area contributed by atoms with Crippen LogP contribution < -0.4 is 10.4 Å². The molecule has 1 aromatic heterocycles. The summed E-state index contributed by atoms with van der Waals surface area (Å²) in [4.78, 5) is 24.1. The Bertz CT molecular complexity index is 690. The Hall–Kier alpha value is -2.09. The minimum Gasteiger partial charge on any atom is -0.465 e. The number of nitrogens with one attached hydrogen (secondary N) is 1. The molecule has 20 heavy (non-hydrogen) atoms. The van der Waals surface area contributed by atoms with E-state index in [1.807, 2.05) is 12.1 Å². The van der Waals surface area contributed by atoms with E-state index < -0.39 is 11.8 Å². The van der Waals surface area contributed by atoms with Crippen LogP contribution in [0, 0.1) is 3.57 Å². The fourth-order valence-electron chi connectivity index (χ4n) is 1.85. The second kappa shape index (κ2) is 5.12. The summed E-state index contributed by atoms with van der Waals surface area (Å²) in [5, 5.41) is 1.23. The van der Waals surface area contributed by atoms with Crippen LogP contribution in [0.15, 0.2) is 52.7 Å². The fraction of sp³-hybridized carbons (Fsp3) is 0. The molecule has 2 aromatic rings. The first-order chi connectivity index (χ1) is 9.65. The van der Waals surface area contributed by atoms with Crippen LogP contribution in [0.5, 0.6) is 0 Å². The molecular weight excluding hydrogens is 371 g/mol. The van der Waals surface area contributed by atoms with Gasteiger partial charge in [0, 0.05) is 3.57 Å². The van der Waals surface area contributed by atoms with Crippen molar-refractivity contribution in [2.24, 2.45) is 0 Å². The summed E-state index contributed by atoms with van der Waals surface area (Å²) >= 11 is 2.17. The lowest BCUT2D eigenvalue weighted by atomic mass is 10.2. The summed E-state index contributed by atoms with van der Waals surface area (Å²) in [5.74, 6) is -0.370. The number of halogens is 1. The number of hydrazine groups is 1. The van der Waals surface area contributed by atoms with E-state index in [4.69, 9.17) is 4.42 Å². The number of hydrogen-bond acceptors (Lipinski definition) is 3. The fourth-order valence-corrected chi connectivity index (χ4v) is 2.20. The lowest BCUT2D eigenvalue weighted by molar-refractivity contribution is -0.117. The van der Waals surface area contributed by atoms with E-state index in [0.717, 1.165) is 3.57 Å². The van der Waals surface area contributed by atoms with E-state index in [2.05, 4.69) is 28.0 Å². The molecule has 0 bridgehead atoms. The highest BCUT2D eigenvalue weighted by Gasteiger charge is 2.34. The molecule has 3 rings (SSSR count). The van der Waals surface area contributed by atoms with Gasteiger partial charge < -0.3 is 4.42 Å². The third kappa shape index (κ3) is 2.34. The third-order valence-electron chi connectivity index (χ3n) is 2.81. The van der Waals surface area contributed by atoms with Gasteiger partial charge in [-0.25, -0.2) is 5.01 Å². The first-order valence-corrected chi connectivity index (χ1v) is 6.89. The van der Waals surface area contributed by atoms with E-state index in [1.165, 1.54) is 17.3 Å². The number of rotatable bonds is 2. The number of nitrogens with zero attached hydrogens (tertiary/aromatic N) is 1. The molecule has 0 saturated carbocycles. The van der Waals surface area contributed by atoms with Gasteiger partial charge in [-0.2, -0.15) is 0 Å². The molecule has 1 N–H and O–H groups in total. The van der Waals surface area contributed by atoms with Gasteiger partial charge in [0.05, 0.1) is 12.0 Å². The Morgan fingerprint density at radius 1 is 1.15 bits per heavy atom. The largest absolute Gasteiger partial charge is 0.465 e. The molecular formula is C14H9IN2O3. The first kappa shape index (κ1) is 12.9. The molecule has 2 heterocycles. The molecule has 0 aliphatic carbocycles. The normalized spacial score (nSPS) is 16.9. The van der Waals surface area contributed by atoms with Gasteiger partial charge in [0.1, 0.15) is 11.3 Å². The molecule has 6 heteroatoms. The maximum Gasteiger partial charge on any atom is 0.282 e. The molecule has 1 saturated heterocycles. The minimum absolute atomic E-state index is 0.0542. The van der Waals surface area contributed by atoms with E-state index >= 15 is 0 Å². The van der Waals surface area contributed by atoms with E-state index in [9.17, 15) is 9.59 Å². The summed E-state index contributed by atoms with van der Waals surface area (Å²) in [6.45, 7) is 0. The SMILES string of the molecule is O=C1NN(c2ccc(I)cc2)C(=O)C1=Cc1ccco1. The van der Waals surface area contributed by atoms with Gasteiger partial charge in [0.25, 0.3) is 11.8 Å². The summed E-state index contributed by atoms with van der Waals surface area (Å²) in [6, 6.07) is 10.7. The third-order valence-corrected chi connectivity index (χ3v) is 3.53. The van der Waals surface area contributed by atoms with Gasteiger partial charge in [-0.1, -0.05) is 0 Å². The molecule has 2 amide bonds. The second-order valence-electron chi connectivity index (χ2n) is 4.13. The molecule has 0 unspecified atom stereocenters. The summed E-state index contributed by atoms with van der Waals surface area (Å²) < 4.78 is 6.17. The molecule has 1 aromatic carbocycles. The van der Waals surface area contributed by atoms with Crippen molar-refractivity contribution >= 4 is 46.2 Å². The van der Waals surface area contributed by atoms with Crippen LogP contribution in [-0.4, -0.2) is 11.8 Å². The number of hydrogen-bond donors (Lipinski definition) is 1. The molecule has 0 spiro atoms. The van der Waals surface area contributed by atoms with Crippen LogP contribution in [0.2, 0.25) is 0 Å². The molecule has 1 fully saturated rings. The van der Waals surface area contributed by atoms with Crippen LogP contribution in [0.4, 0.5) is 5.69 Å². The van der Waals surface area contributed by atoms with Crippen LogP contribution >= 0.6 is 22.6 Å². The van der Waals surface area contributed by atoms with Crippen molar-refractivity contribution in [2.45, 2.75) is 0 Å². The maximum atomic E-state index is 12.3. The molecule has 1 aliphatic heterocycles. The van der Waals surface area contributed by atoms with E-state index in [1.54, 1.807) is 24.3 Å². The zero-order valence-corrected chi connectivity index (χ0v) is 12.3. The highest BCUT2D eigenvalue weighted by Crippen LogP contribution is 2.22. The first-order valence-electron chi connectivity index (χ1n) is 5.81. The number of carbonyl (C=O) groups excluding carboxylic acids is 2. The van der Waals surface area contributed by atoms with Crippen molar-refractivity contribution < 1.29 is 14.0 Å². The van der Waals surface area contributed by atoms with Crippen molar-refractivity contribution in [3.63, 3.8) is 0 Å². The monoisotopic (exact) mass is 380 g/mol. The average molecular weight is 380 g/mol. The van der Waals surface area contributed by atoms with Crippen molar-refractivity contribution in [1.29, 1.82) is 0 Å².